The van der Waals surface area contributed by atoms with Crippen LogP contribution >= 0.6 is 0 Å². The lowest BCUT2D eigenvalue weighted by Crippen LogP contribution is -2.46. The number of furan rings is 1. The van der Waals surface area contributed by atoms with E-state index in [1.807, 2.05) is 0 Å². The van der Waals surface area contributed by atoms with Gasteiger partial charge < -0.3 is 19.4 Å². The molecule has 0 unspecified atom stereocenters. The van der Waals surface area contributed by atoms with E-state index in [9.17, 15) is 14.0 Å². The third-order valence-electron chi connectivity index (χ3n) is 4.30. The highest BCUT2D eigenvalue weighted by molar-refractivity contribution is 5.95. The maximum Gasteiger partial charge on any atom is 0.257 e. The van der Waals surface area contributed by atoms with Crippen molar-refractivity contribution in [3.8, 4) is 5.75 Å². The van der Waals surface area contributed by atoms with Gasteiger partial charge in [-0.05, 0) is 37.1 Å². The molecule has 1 N–H and O–H groups in total. The molecule has 6 nitrogen and oxygen atoms in total. The molecule has 3 rings (SSSR count). The first kappa shape index (κ1) is 17.0. The Morgan fingerprint density at radius 2 is 2.00 bits per heavy atom. The van der Waals surface area contributed by atoms with Gasteiger partial charge in [-0.25, -0.2) is 4.39 Å². The van der Waals surface area contributed by atoms with Crippen molar-refractivity contribution >= 4 is 11.8 Å². The molecule has 132 valence electrons. The van der Waals surface area contributed by atoms with Crippen LogP contribution in [0.5, 0.6) is 5.75 Å². The maximum absolute atomic E-state index is 13.7. The van der Waals surface area contributed by atoms with Crippen LogP contribution in [0.15, 0.2) is 41.2 Å². The van der Waals surface area contributed by atoms with Gasteiger partial charge in [0.2, 0.25) is 0 Å². The fourth-order valence-electron chi connectivity index (χ4n) is 2.87. The van der Waals surface area contributed by atoms with Gasteiger partial charge in [0.15, 0.2) is 11.6 Å². The predicted molar refractivity (Wildman–Crippen MR) is 88.1 cm³/mol. The van der Waals surface area contributed by atoms with Gasteiger partial charge in [0.1, 0.15) is 6.26 Å². The van der Waals surface area contributed by atoms with E-state index in [2.05, 4.69) is 5.32 Å². The van der Waals surface area contributed by atoms with Crippen molar-refractivity contribution in [3.63, 3.8) is 0 Å². The second-order valence-electron chi connectivity index (χ2n) is 5.90. The Morgan fingerprint density at radius 3 is 2.60 bits per heavy atom. The van der Waals surface area contributed by atoms with Gasteiger partial charge in [0.05, 0.1) is 18.9 Å². The standard InChI is InChI=1S/C18H19FN2O4/c1-24-16-3-2-12(10-15(16)19)17(22)20-14-4-7-21(8-5-14)18(23)13-6-9-25-11-13/h2-3,6,9-11,14H,4-5,7-8H2,1H3,(H,20,22). The summed E-state index contributed by atoms with van der Waals surface area (Å²) in [6.45, 7) is 1.10. The summed E-state index contributed by atoms with van der Waals surface area (Å²) in [5.74, 6) is -0.879. The van der Waals surface area contributed by atoms with Crippen LogP contribution in [0.3, 0.4) is 0 Å². The Bertz CT molecular complexity index is 752. The lowest BCUT2D eigenvalue weighted by molar-refractivity contribution is 0.0697. The van der Waals surface area contributed by atoms with E-state index in [0.717, 1.165) is 6.07 Å². The topological polar surface area (TPSA) is 71.8 Å². The smallest absolute Gasteiger partial charge is 0.257 e. The van der Waals surface area contributed by atoms with Crippen LogP contribution in [0.2, 0.25) is 0 Å². The number of nitrogens with one attached hydrogen (secondary N) is 1. The van der Waals surface area contributed by atoms with Crippen molar-refractivity contribution < 1.29 is 23.1 Å². The highest BCUT2D eigenvalue weighted by Gasteiger charge is 2.25. The Hall–Kier alpha value is -2.83. The van der Waals surface area contributed by atoms with Crippen LogP contribution in [0.25, 0.3) is 0 Å². The van der Waals surface area contributed by atoms with Crippen molar-refractivity contribution in [2.75, 3.05) is 20.2 Å². The molecule has 0 spiro atoms. The monoisotopic (exact) mass is 346 g/mol. The molecule has 0 bridgehead atoms. The van der Waals surface area contributed by atoms with Gasteiger partial charge in [-0.2, -0.15) is 0 Å². The predicted octanol–water partition coefficient (Wildman–Crippen LogP) is 2.46. The third-order valence-corrected chi connectivity index (χ3v) is 4.30. The van der Waals surface area contributed by atoms with Crippen LogP contribution in [0.4, 0.5) is 4.39 Å². The number of hydrogen-bond donors (Lipinski definition) is 1. The van der Waals surface area contributed by atoms with E-state index in [0.29, 0.717) is 31.5 Å². The molecule has 1 fully saturated rings. The number of halogens is 1. The number of benzene rings is 1. The maximum atomic E-state index is 13.7. The van der Waals surface area contributed by atoms with Gasteiger partial charge in [0, 0.05) is 24.7 Å². The van der Waals surface area contributed by atoms with E-state index in [1.165, 1.54) is 31.8 Å². The van der Waals surface area contributed by atoms with Gasteiger partial charge in [0.25, 0.3) is 11.8 Å². The first-order valence-electron chi connectivity index (χ1n) is 8.04. The molecular weight excluding hydrogens is 327 g/mol. The fraction of sp³-hybridized carbons (Fsp3) is 0.333. The number of likely N-dealkylation sites (tertiary alicyclic amines) is 1. The molecule has 2 heterocycles. The zero-order chi connectivity index (χ0) is 17.8. The summed E-state index contributed by atoms with van der Waals surface area (Å²) >= 11 is 0. The van der Waals surface area contributed by atoms with Crippen LogP contribution in [-0.4, -0.2) is 43.0 Å². The van der Waals surface area contributed by atoms with Gasteiger partial charge >= 0.3 is 0 Å². The lowest BCUT2D eigenvalue weighted by Gasteiger charge is -2.32. The lowest BCUT2D eigenvalue weighted by atomic mass is 10.0. The summed E-state index contributed by atoms with van der Waals surface area (Å²) in [4.78, 5) is 26.2. The summed E-state index contributed by atoms with van der Waals surface area (Å²) in [6.07, 6.45) is 4.19. The minimum Gasteiger partial charge on any atom is -0.494 e. The first-order chi connectivity index (χ1) is 12.1. The molecule has 1 aromatic carbocycles. The van der Waals surface area contributed by atoms with E-state index in [-0.39, 0.29) is 29.2 Å². The van der Waals surface area contributed by atoms with Crippen molar-refractivity contribution in [2.45, 2.75) is 18.9 Å². The molecule has 1 aliphatic rings. The van der Waals surface area contributed by atoms with Gasteiger partial charge in [-0.1, -0.05) is 0 Å². The largest absolute Gasteiger partial charge is 0.494 e. The number of nitrogens with zero attached hydrogens (tertiary/aromatic N) is 1. The molecule has 0 radical (unpaired) electrons. The van der Waals surface area contributed by atoms with Crippen molar-refractivity contribution in [1.82, 2.24) is 10.2 Å². The summed E-state index contributed by atoms with van der Waals surface area (Å²) in [6, 6.07) is 5.69. The number of piperidine rings is 1. The summed E-state index contributed by atoms with van der Waals surface area (Å²) in [7, 11) is 1.37. The number of ether oxygens (including phenoxy) is 1. The Labute approximate surface area is 144 Å². The van der Waals surface area contributed by atoms with Crippen LogP contribution in [0.1, 0.15) is 33.6 Å². The van der Waals surface area contributed by atoms with Gasteiger partial charge in [-0.3, -0.25) is 9.59 Å². The zero-order valence-corrected chi connectivity index (χ0v) is 13.8. The average Bonchev–Trinajstić information content (AvgIpc) is 3.16. The first-order valence-corrected chi connectivity index (χ1v) is 8.04. The molecule has 25 heavy (non-hydrogen) atoms. The minimum absolute atomic E-state index is 0.0499. The van der Waals surface area contributed by atoms with Crippen LogP contribution in [-0.2, 0) is 0 Å². The van der Waals surface area contributed by atoms with E-state index < -0.39 is 5.82 Å². The van der Waals surface area contributed by atoms with E-state index in [1.54, 1.807) is 11.0 Å². The molecule has 2 amide bonds. The van der Waals surface area contributed by atoms with Crippen molar-refractivity contribution in [3.05, 3.63) is 53.7 Å². The molecule has 7 heteroatoms. The van der Waals surface area contributed by atoms with Gasteiger partial charge in [-0.15, -0.1) is 0 Å². The van der Waals surface area contributed by atoms with E-state index in [4.69, 9.17) is 9.15 Å². The second kappa shape index (κ2) is 7.38. The Kier molecular flexibility index (Phi) is 5.02. The number of hydrogen-bond acceptors (Lipinski definition) is 4. The average molecular weight is 346 g/mol. The molecular formula is C18H19FN2O4. The third kappa shape index (κ3) is 3.81. The summed E-state index contributed by atoms with van der Waals surface area (Å²) in [5.41, 5.74) is 0.770. The van der Waals surface area contributed by atoms with Crippen molar-refractivity contribution in [2.24, 2.45) is 0 Å². The summed E-state index contributed by atoms with van der Waals surface area (Å²) in [5, 5.41) is 2.89. The minimum atomic E-state index is -0.573. The molecule has 1 aromatic heterocycles. The fourth-order valence-corrected chi connectivity index (χ4v) is 2.87. The second-order valence-corrected chi connectivity index (χ2v) is 5.90. The number of rotatable bonds is 4. The number of methoxy groups -OCH3 is 1. The Morgan fingerprint density at radius 1 is 1.24 bits per heavy atom. The van der Waals surface area contributed by atoms with Crippen LogP contribution in [0, 0.1) is 5.82 Å². The number of carbonyl (C=O) groups is 2. The molecule has 1 saturated heterocycles. The molecule has 0 aliphatic carbocycles. The molecule has 1 aliphatic heterocycles. The van der Waals surface area contributed by atoms with E-state index >= 15 is 0 Å². The highest BCUT2D eigenvalue weighted by Crippen LogP contribution is 2.19. The number of amides is 2. The summed E-state index contributed by atoms with van der Waals surface area (Å²) < 4.78 is 23.5. The molecule has 2 aromatic rings. The van der Waals surface area contributed by atoms with Crippen LogP contribution < -0.4 is 10.1 Å². The number of carbonyl (C=O) groups excluding carboxylic acids is 2. The SMILES string of the molecule is COc1ccc(C(=O)NC2CCN(C(=O)c3ccoc3)CC2)cc1F. The Balaban J connectivity index is 1.54. The molecule has 0 atom stereocenters. The molecule has 0 saturated carbocycles. The normalized spacial score (nSPS) is 15.0. The quantitative estimate of drug-likeness (QED) is 0.923. The van der Waals surface area contributed by atoms with Crippen molar-refractivity contribution in [1.29, 1.82) is 0 Å². The zero-order valence-electron chi connectivity index (χ0n) is 13.8. The highest BCUT2D eigenvalue weighted by atomic mass is 19.1.